The Kier molecular flexibility index (Phi) is 6.09. The summed E-state index contributed by atoms with van der Waals surface area (Å²) in [6.07, 6.45) is 1.28. The van der Waals surface area contributed by atoms with Crippen LogP contribution in [0.1, 0.15) is 21.1 Å². The van der Waals surface area contributed by atoms with E-state index < -0.39 is 17.3 Å². The first-order valence-electron chi connectivity index (χ1n) is 9.82. The molecule has 0 radical (unpaired) electrons. The van der Waals surface area contributed by atoms with Gasteiger partial charge < -0.3 is 9.84 Å². The van der Waals surface area contributed by atoms with Crippen LogP contribution in [-0.4, -0.2) is 29.8 Å². The SMILES string of the molecule is O=C(c1ccon1)n1nc(-c2ccc(F)c(=O)n2Cc2ccsn2)cc1NCc1ccc(Cl)s1. The number of pyridine rings is 1. The van der Waals surface area contributed by atoms with Gasteiger partial charge >= 0.3 is 5.91 Å². The van der Waals surface area contributed by atoms with Gasteiger partial charge in [-0.15, -0.1) is 11.3 Å². The highest BCUT2D eigenvalue weighted by atomic mass is 35.5. The quantitative estimate of drug-likeness (QED) is 0.342. The van der Waals surface area contributed by atoms with Crippen LogP contribution in [0.5, 0.6) is 0 Å². The minimum Gasteiger partial charge on any atom is -0.365 e. The molecule has 0 saturated carbocycles. The zero-order valence-corrected chi connectivity index (χ0v) is 19.5. The van der Waals surface area contributed by atoms with E-state index in [0.717, 1.165) is 15.6 Å². The highest BCUT2D eigenvalue weighted by Crippen LogP contribution is 2.26. The lowest BCUT2D eigenvalue weighted by Gasteiger charge is -2.09. The molecule has 0 unspecified atom stereocenters. The molecular weight excluding hydrogens is 503 g/mol. The Morgan fingerprint density at radius 1 is 1.21 bits per heavy atom. The smallest absolute Gasteiger partial charge is 0.302 e. The molecule has 0 aliphatic heterocycles. The number of carbonyl (C=O) groups excluding carboxylic acids is 1. The first-order chi connectivity index (χ1) is 16.5. The van der Waals surface area contributed by atoms with Crippen LogP contribution in [0.4, 0.5) is 10.2 Å². The lowest BCUT2D eigenvalue weighted by molar-refractivity contribution is 0.0938. The van der Waals surface area contributed by atoms with Crippen molar-refractivity contribution in [2.75, 3.05) is 5.32 Å². The van der Waals surface area contributed by atoms with Gasteiger partial charge in [0, 0.05) is 22.4 Å². The number of hydrogen-bond donors (Lipinski definition) is 1. The molecule has 1 N–H and O–H groups in total. The number of nitrogens with zero attached hydrogens (tertiary/aromatic N) is 5. The molecule has 0 fully saturated rings. The van der Waals surface area contributed by atoms with Crippen molar-refractivity contribution in [1.82, 2.24) is 23.9 Å². The number of rotatable bonds is 7. The maximum atomic E-state index is 14.1. The molecule has 0 aliphatic rings. The van der Waals surface area contributed by atoms with E-state index in [0.29, 0.717) is 28.1 Å². The summed E-state index contributed by atoms with van der Waals surface area (Å²) in [6, 6.07) is 10.9. The Bertz CT molecular complexity index is 1510. The van der Waals surface area contributed by atoms with Crippen molar-refractivity contribution >= 4 is 46.2 Å². The molecule has 5 rings (SSSR count). The lowest BCUT2D eigenvalue weighted by Crippen LogP contribution is -2.25. The summed E-state index contributed by atoms with van der Waals surface area (Å²) < 4.78 is 26.1. The molecule has 34 heavy (non-hydrogen) atoms. The Morgan fingerprint density at radius 2 is 2.09 bits per heavy atom. The van der Waals surface area contributed by atoms with Crippen LogP contribution >= 0.6 is 34.5 Å². The number of halogens is 2. The molecule has 0 aliphatic carbocycles. The highest BCUT2D eigenvalue weighted by Gasteiger charge is 2.22. The van der Waals surface area contributed by atoms with Gasteiger partial charge in [0.25, 0.3) is 5.56 Å². The fourth-order valence-electron chi connectivity index (χ4n) is 3.26. The molecule has 0 bridgehead atoms. The molecule has 0 spiro atoms. The molecule has 0 amide bonds. The van der Waals surface area contributed by atoms with Gasteiger partial charge in [0.05, 0.1) is 28.8 Å². The topological polar surface area (TPSA) is 108 Å². The van der Waals surface area contributed by atoms with Crippen LogP contribution in [0.2, 0.25) is 4.34 Å². The Labute approximate surface area is 204 Å². The largest absolute Gasteiger partial charge is 0.365 e. The maximum Gasteiger partial charge on any atom is 0.302 e. The summed E-state index contributed by atoms with van der Waals surface area (Å²) in [5, 5.41) is 13.0. The average molecular weight is 517 g/mol. The van der Waals surface area contributed by atoms with Gasteiger partial charge in [-0.25, -0.2) is 4.39 Å². The molecule has 5 aromatic rings. The molecule has 9 nitrogen and oxygen atoms in total. The zero-order valence-electron chi connectivity index (χ0n) is 17.1. The minimum atomic E-state index is -0.898. The summed E-state index contributed by atoms with van der Waals surface area (Å²) in [7, 11) is 0. The average Bonchev–Trinajstić information content (AvgIpc) is 3.63. The van der Waals surface area contributed by atoms with Crippen molar-refractivity contribution in [3.63, 3.8) is 0 Å². The van der Waals surface area contributed by atoms with Gasteiger partial charge in [0.15, 0.2) is 11.5 Å². The standard InChI is InChI=1S/C21H14ClFN6O3S2/c22-18-4-1-13(34-18)10-24-19-9-16(25-29(19)21(31)15-5-7-32-26-15)17-3-2-14(23)20(30)28(17)11-12-6-8-33-27-12/h1-9,24H,10-11H2. The van der Waals surface area contributed by atoms with Gasteiger partial charge in [-0.1, -0.05) is 16.8 Å². The molecule has 172 valence electrons. The van der Waals surface area contributed by atoms with Gasteiger partial charge in [-0.2, -0.15) is 14.2 Å². The summed E-state index contributed by atoms with van der Waals surface area (Å²) in [6.45, 7) is 0.430. The zero-order chi connectivity index (χ0) is 23.7. The Balaban J connectivity index is 1.57. The molecule has 5 aromatic heterocycles. The van der Waals surface area contributed by atoms with Crippen molar-refractivity contribution in [2.24, 2.45) is 0 Å². The highest BCUT2D eigenvalue weighted by molar-refractivity contribution is 7.16. The van der Waals surface area contributed by atoms with E-state index >= 15 is 0 Å². The van der Waals surface area contributed by atoms with Crippen molar-refractivity contribution in [3.8, 4) is 11.4 Å². The van der Waals surface area contributed by atoms with E-state index in [4.69, 9.17) is 16.1 Å². The second-order valence-electron chi connectivity index (χ2n) is 7.02. The molecule has 13 heteroatoms. The molecular formula is C21H14ClFN6O3S2. The number of nitrogens with one attached hydrogen (secondary N) is 1. The van der Waals surface area contributed by atoms with Crippen LogP contribution in [-0.2, 0) is 13.1 Å². The van der Waals surface area contributed by atoms with Crippen molar-refractivity contribution < 1.29 is 13.7 Å². The van der Waals surface area contributed by atoms with Crippen LogP contribution in [0.3, 0.4) is 0 Å². The Hall–Kier alpha value is -3.61. The van der Waals surface area contributed by atoms with Crippen LogP contribution in [0, 0.1) is 5.82 Å². The van der Waals surface area contributed by atoms with Crippen molar-refractivity contribution in [3.05, 3.63) is 90.9 Å². The van der Waals surface area contributed by atoms with Gasteiger partial charge in [0.2, 0.25) is 0 Å². The predicted octanol–water partition coefficient (Wildman–Crippen LogP) is 4.36. The second kappa shape index (κ2) is 9.33. The Morgan fingerprint density at radius 3 is 2.79 bits per heavy atom. The normalized spacial score (nSPS) is 11.1. The first-order valence-corrected chi connectivity index (χ1v) is 11.8. The third-order valence-electron chi connectivity index (χ3n) is 4.83. The molecule has 0 atom stereocenters. The second-order valence-corrected chi connectivity index (χ2v) is 9.49. The number of hydrogen-bond acceptors (Lipinski definition) is 9. The minimum absolute atomic E-state index is 0.0516. The molecule has 5 heterocycles. The number of carbonyl (C=O) groups is 1. The van der Waals surface area contributed by atoms with Crippen molar-refractivity contribution in [2.45, 2.75) is 13.1 Å². The summed E-state index contributed by atoms with van der Waals surface area (Å²) in [4.78, 5) is 26.6. The fraction of sp³-hybridized carbons (Fsp3) is 0.0952. The van der Waals surface area contributed by atoms with E-state index in [-0.39, 0.29) is 17.9 Å². The number of thiophene rings is 1. The van der Waals surface area contributed by atoms with E-state index in [9.17, 15) is 14.0 Å². The van der Waals surface area contributed by atoms with Gasteiger partial charge in [-0.3, -0.25) is 14.2 Å². The van der Waals surface area contributed by atoms with Crippen LogP contribution < -0.4 is 10.9 Å². The third-order valence-corrected chi connectivity index (χ3v) is 6.66. The first kappa shape index (κ1) is 22.2. The van der Waals surface area contributed by atoms with E-state index in [1.807, 2.05) is 6.07 Å². The van der Waals surface area contributed by atoms with E-state index in [1.54, 1.807) is 23.6 Å². The van der Waals surface area contributed by atoms with Crippen molar-refractivity contribution in [1.29, 1.82) is 0 Å². The van der Waals surface area contributed by atoms with E-state index in [2.05, 4.69) is 19.9 Å². The molecule has 0 aromatic carbocycles. The number of anilines is 1. The lowest BCUT2D eigenvalue weighted by atomic mass is 10.2. The third kappa shape index (κ3) is 4.42. The van der Waals surface area contributed by atoms with Crippen LogP contribution in [0.25, 0.3) is 11.4 Å². The fourth-order valence-corrected chi connectivity index (χ4v) is 4.82. The summed E-state index contributed by atoms with van der Waals surface area (Å²) >= 11 is 8.64. The van der Waals surface area contributed by atoms with Crippen LogP contribution in [0.15, 0.2) is 63.4 Å². The predicted molar refractivity (Wildman–Crippen MR) is 126 cm³/mol. The van der Waals surface area contributed by atoms with Gasteiger partial charge in [-0.05, 0) is 41.9 Å². The summed E-state index contributed by atoms with van der Waals surface area (Å²) in [5.74, 6) is -1.09. The summed E-state index contributed by atoms with van der Waals surface area (Å²) in [5.41, 5.74) is 0.454. The van der Waals surface area contributed by atoms with Gasteiger partial charge in [0.1, 0.15) is 17.8 Å². The maximum absolute atomic E-state index is 14.1. The van der Waals surface area contributed by atoms with E-state index in [1.165, 1.54) is 45.8 Å². The number of aromatic nitrogens is 5. The molecule has 0 saturated heterocycles. The monoisotopic (exact) mass is 516 g/mol.